The van der Waals surface area contributed by atoms with Crippen molar-refractivity contribution in [1.29, 1.82) is 0 Å². The monoisotopic (exact) mass is 261 g/mol. The van der Waals surface area contributed by atoms with Crippen molar-refractivity contribution in [1.82, 2.24) is 5.32 Å². The fourth-order valence-electron chi connectivity index (χ4n) is 1.91. The topological polar surface area (TPSA) is 30.5 Å². The third kappa shape index (κ3) is 4.60. The van der Waals surface area contributed by atoms with Gasteiger partial charge in [0.15, 0.2) is 0 Å². The minimum atomic E-state index is 0.694. The van der Waals surface area contributed by atoms with Crippen molar-refractivity contribution in [3.63, 3.8) is 0 Å². The average molecular weight is 261 g/mol. The molecule has 0 radical (unpaired) electrons. The van der Waals surface area contributed by atoms with Crippen molar-refractivity contribution in [3.8, 4) is 11.5 Å². The zero-order chi connectivity index (χ0) is 13.5. The highest BCUT2D eigenvalue weighted by molar-refractivity contribution is 5.40. The molecular weight excluding hydrogens is 238 g/mol. The number of ether oxygens (including phenoxy) is 2. The second-order valence-electron chi connectivity index (χ2n) is 4.91. The summed E-state index contributed by atoms with van der Waals surface area (Å²) in [5, 5.41) is 3.51. The first-order chi connectivity index (χ1) is 9.33. The summed E-state index contributed by atoms with van der Waals surface area (Å²) < 4.78 is 11.1. The molecule has 0 heterocycles. The largest absolute Gasteiger partial charge is 0.497 e. The Morgan fingerprint density at radius 2 is 2.26 bits per heavy atom. The lowest BCUT2D eigenvalue weighted by Gasteiger charge is -2.13. The Morgan fingerprint density at radius 1 is 1.42 bits per heavy atom. The fraction of sp³-hybridized carbons (Fsp3) is 0.500. The van der Waals surface area contributed by atoms with E-state index in [0.29, 0.717) is 6.04 Å². The van der Waals surface area contributed by atoms with E-state index in [-0.39, 0.29) is 0 Å². The van der Waals surface area contributed by atoms with E-state index in [1.807, 2.05) is 18.2 Å². The number of allylic oxidation sites excluding steroid dienone is 1. The number of rotatable bonds is 9. The molecule has 0 bridgehead atoms. The summed E-state index contributed by atoms with van der Waals surface area (Å²) >= 11 is 0. The molecule has 1 aromatic rings. The molecule has 1 saturated carbocycles. The molecule has 1 aliphatic rings. The molecule has 19 heavy (non-hydrogen) atoms. The molecule has 104 valence electrons. The van der Waals surface area contributed by atoms with Crippen LogP contribution in [-0.2, 0) is 6.54 Å². The minimum absolute atomic E-state index is 0.694. The molecular formula is C16H23NO2. The summed E-state index contributed by atoms with van der Waals surface area (Å²) in [6.07, 6.45) is 6.50. The van der Waals surface area contributed by atoms with Crippen LogP contribution < -0.4 is 14.8 Å². The molecule has 3 nitrogen and oxygen atoms in total. The van der Waals surface area contributed by atoms with Crippen molar-refractivity contribution in [2.75, 3.05) is 13.7 Å². The van der Waals surface area contributed by atoms with Crippen molar-refractivity contribution in [3.05, 3.63) is 36.4 Å². The van der Waals surface area contributed by atoms with Crippen molar-refractivity contribution in [2.24, 2.45) is 0 Å². The van der Waals surface area contributed by atoms with Crippen LogP contribution in [0.4, 0.5) is 0 Å². The SMILES string of the molecule is C=CCCCOc1ccc(OC)cc1CNC1CC1. The van der Waals surface area contributed by atoms with E-state index in [1.165, 1.54) is 18.4 Å². The third-order valence-corrected chi connectivity index (χ3v) is 3.24. The lowest BCUT2D eigenvalue weighted by molar-refractivity contribution is 0.307. The Balaban J connectivity index is 1.94. The van der Waals surface area contributed by atoms with E-state index in [4.69, 9.17) is 9.47 Å². The van der Waals surface area contributed by atoms with E-state index >= 15 is 0 Å². The summed E-state index contributed by atoms with van der Waals surface area (Å²) in [4.78, 5) is 0. The van der Waals surface area contributed by atoms with Crippen LogP contribution in [0, 0.1) is 0 Å². The van der Waals surface area contributed by atoms with Crippen LogP contribution in [0.1, 0.15) is 31.2 Å². The number of nitrogens with one attached hydrogen (secondary N) is 1. The standard InChI is InChI=1S/C16H23NO2/c1-3-4-5-10-19-16-9-8-15(18-2)11-13(16)12-17-14-6-7-14/h3,8-9,11,14,17H,1,4-7,10,12H2,2H3. The van der Waals surface area contributed by atoms with E-state index < -0.39 is 0 Å². The molecule has 2 rings (SSSR count). The van der Waals surface area contributed by atoms with Gasteiger partial charge in [0.1, 0.15) is 11.5 Å². The summed E-state index contributed by atoms with van der Waals surface area (Å²) in [5.41, 5.74) is 1.17. The van der Waals surface area contributed by atoms with Gasteiger partial charge in [0, 0.05) is 18.2 Å². The molecule has 1 N–H and O–H groups in total. The first-order valence-electron chi connectivity index (χ1n) is 6.97. The zero-order valence-corrected chi connectivity index (χ0v) is 11.7. The first-order valence-corrected chi connectivity index (χ1v) is 6.97. The minimum Gasteiger partial charge on any atom is -0.497 e. The maximum atomic E-state index is 5.85. The van der Waals surface area contributed by atoms with Crippen molar-refractivity contribution in [2.45, 2.75) is 38.3 Å². The molecule has 0 spiro atoms. The normalized spacial score (nSPS) is 14.2. The Hall–Kier alpha value is -1.48. The Morgan fingerprint density at radius 3 is 2.95 bits per heavy atom. The van der Waals surface area contributed by atoms with E-state index in [0.717, 1.165) is 37.5 Å². The number of benzene rings is 1. The Bertz CT molecular complexity index is 413. The molecule has 0 atom stereocenters. The summed E-state index contributed by atoms with van der Waals surface area (Å²) in [6, 6.07) is 6.69. The number of methoxy groups -OCH3 is 1. The molecule has 0 unspecified atom stereocenters. The van der Waals surface area contributed by atoms with Crippen LogP contribution in [-0.4, -0.2) is 19.8 Å². The van der Waals surface area contributed by atoms with Gasteiger partial charge < -0.3 is 14.8 Å². The third-order valence-electron chi connectivity index (χ3n) is 3.24. The van der Waals surface area contributed by atoms with Gasteiger partial charge in [-0.3, -0.25) is 0 Å². The lowest BCUT2D eigenvalue weighted by atomic mass is 10.2. The van der Waals surface area contributed by atoms with Gasteiger partial charge in [-0.25, -0.2) is 0 Å². The molecule has 1 fully saturated rings. The van der Waals surface area contributed by atoms with Gasteiger partial charge >= 0.3 is 0 Å². The lowest BCUT2D eigenvalue weighted by Crippen LogP contribution is -2.16. The predicted molar refractivity (Wildman–Crippen MR) is 77.8 cm³/mol. The van der Waals surface area contributed by atoms with Crippen LogP contribution in [0.3, 0.4) is 0 Å². The molecule has 1 aliphatic carbocycles. The smallest absolute Gasteiger partial charge is 0.124 e. The van der Waals surface area contributed by atoms with Gasteiger partial charge in [0.2, 0.25) is 0 Å². The van der Waals surface area contributed by atoms with Gasteiger partial charge in [-0.2, -0.15) is 0 Å². The van der Waals surface area contributed by atoms with Gasteiger partial charge in [-0.15, -0.1) is 6.58 Å². The average Bonchev–Trinajstić information content (AvgIpc) is 3.26. The van der Waals surface area contributed by atoms with E-state index in [1.54, 1.807) is 7.11 Å². The van der Waals surface area contributed by atoms with Crippen LogP contribution in [0.2, 0.25) is 0 Å². The summed E-state index contributed by atoms with van der Waals surface area (Å²) in [6.45, 7) is 5.30. The summed E-state index contributed by atoms with van der Waals surface area (Å²) in [5.74, 6) is 1.84. The van der Waals surface area contributed by atoms with Crippen LogP contribution >= 0.6 is 0 Å². The van der Waals surface area contributed by atoms with E-state index in [2.05, 4.69) is 18.0 Å². The Labute approximate surface area is 115 Å². The zero-order valence-electron chi connectivity index (χ0n) is 11.7. The van der Waals surface area contributed by atoms with Gasteiger partial charge in [-0.1, -0.05) is 6.08 Å². The fourth-order valence-corrected chi connectivity index (χ4v) is 1.91. The Kier molecular flexibility index (Phi) is 5.28. The van der Waals surface area contributed by atoms with Crippen LogP contribution in [0.15, 0.2) is 30.9 Å². The van der Waals surface area contributed by atoms with Crippen molar-refractivity contribution >= 4 is 0 Å². The molecule has 0 aliphatic heterocycles. The maximum Gasteiger partial charge on any atom is 0.124 e. The van der Waals surface area contributed by atoms with Crippen LogP contribution in [0.25, 0.3) is 0 Å². The van der Waals surface area contributed by atoms with Gasteiger partial charge in [0.25, 0.3) is 0 Å². The molecule has 0 saturated heterocycles. The van der Waals surface area contributed by atoms with Crippen molar-refractivity contribution < 1.29 is 9.47 Å². The predicted octanol–water partition coefficient (Wildman–Crippen LogP) is 3.29. The van der Waals surface area contributed by atoms with Gasteiger partial charge in [0.05, 0.1) is 13.7 Å². The second-order valence-corrected chi connectivity index (χ2v) is 4.91. The molecule has 0 amide bonds. The summed E-state index contributed by atoms with van der Waals surface area (Å²) in [7, 11) is 1.69. The molecule has 1 aromatic carbocycles. The second kappa shape index (κ2) is 7.19. The highest BCUT2D eigenvalue weighted by atomic mass is 16.5. The highest BCUT2D eigenvalue weighted by Gasteiger charge is 2.20. The molecule has 0 aromatic heterocycles. The number of hydrogen-bond acceptors (Lipinski definition) is 3. The van der Waals surface area contributed by atoms with Crippen LogP contribution in [0.5, 0.6) is 11.5 Å². The number of unbranched alkanes of at least 4 members (excludes halogenated alkanes) is 1. The quantitative estimate of drug-likeness (QED) is 0.546. The van der Waals surface area contributed by atoms with Gasteiger partial charge in [-0.05, 0) is 43.9 Å². The number of hydrogen-bond donors (Lipinski definition) is 1. The maximum absolute atomic E-state index is 5.85. The highest BCUT2D eigenvalue weighted by Crippen LogP contribution is 2.26. The molecule has 3 heteroatoms. The first kappa shape index (κ1) is 13.9. The van der Waals surface area contributed by atoms with E-state index in [9.17, 15) is 0 Å².